The van der Waals surface area contributed by atoms with Crippen molar-refractivity contribution < 1.29 is 14.2 Å². The Kier molecular flexibility index (Phi) is 10.2. The molecule has 0 unspecified atom stereocenters. The van der Waals surface area contributed by atoms with E-state index in [1.165, 1.54) is 34.4 Å². The first-order valence-electron chi connectivity index (χ1n) is 20.0. The van der Waals surface area contributed by atoms with Crippen molar-refractivity contribution in [2.75, 3.05) is 6.61 Å². The molecule has 1 N–H and O–H groups in total. The van der Waals surface area contributed by atoms with E-state index in [1.807, 2.05) is 6.92 Å². The number of aromatic hydroxyl groups is 1. The zero-order valence-corrected chi connectivity index (χ0v) is 35.0. The van der Waals surface area contributed by atoms with Gasteiger partial charge < -0.3 is 14.4 Å². The first kappa shape index (κ1) is 38.9. The lowest BCUT2D eigenvalue weighted by atomic mass is 9.71. The summed E-state index contributed by atoms with van der Waals surface area (Å²) in [6.45, 7) is 24.3. The monoisotopic (exact) mass is 745 g/mol. The molecular weight excluding hydrogens is 690 g/mol. The number of aromatic nitrogens is 1. The van der Waals surface area contributed by atoms with Crippen molar-refractivity contribution in [1.29, 1.82) is 0 Å². The van der Waals surface area contributed by atoms with Crippen molar-refractivity contribution in [3.05, 3.63) is 136 Å². The van der Waals surface area contributed by atoms with E-state index in [4.69, 9.17) is 4.74 Å². The van der Waals surface area contributed by atoms with Crippen LogP contribution < -0.4 is 4.74 Å². The molecule has 0 aliphatic carbocycles. The molecule has 1 aromatic heterocycles. The third-order valence-electron chi connectivity index (χ3n) is 10.9. The molecule has 0 fully saturated rings. The van der Waals surface area contributed by atoms with Gasteiger partial charge in [0.1, 0.15) is 17.3 Å². The molecule has 0 amide bonds. The molecule has 4 heteroatoms. The number of phenols is 1. The minimum absolute atomic E-state index is 0.0289. The average Bonchev–Trinajstić information content (AvgIpc) is 3.42. The molecule has 0 spiro atoms. The molecule has 0 radical (unpaired) electrons. The fraction of sp³-hybridized carbons (Fsp3) is 0.308. The van der Waals surface area contributed by atoms with E-state index in [0.29, 0.717) is 34.7 Å². The Morgan fingerprint density at radius 1 is 0.607 bits per heavy atom. The number of benzene rings is 6. The predicted octanol–water partition coefficient (Wildman–Crippen LogP) is 14.7. The highest BCUT2D eigenvalue weighted by molar-refractivity contribution is 6.11. The molecule has 7 aromatic rings. The summed E-state index contributed by atoms with van der Waals surface area (Å²) in [4.78, 5) is 0. The summed E-state index contributed by atoms with van der Waals surface area (Å²) < 4.78 is 24.1. The highest BCUT2D eigenvalue weighted by atomic mass is 19.1. The van der Waals surface area contributed by atoms with E-state index in [0.717, 1.165) is 62.5 Å². The van der Waals surface area contributed by atoms with Crippen LogP contribution in [-0.2, 0) is 5.41 Å². The summed E-state index contributed by atoms with van der Waals surface area (Å²) in [6, 6.07) is 33.9. The number of rotatable bonds is 9. The molecule has 0 saturated heterocycles. The molecule has 7 rings (SSSR count). The summed E-state index contributed by atoms with van der Waals surface area (Å²) in [6.07, 6.45) is 1.70. The molecule has 0 bridgehead atoms. The normalized spacial score (nSPS) is 12.2. The van der Waals surface area contributed by atoms with Gasteiger partial charge in [-0.1, -0.05) is 124 Å². The molecule has 288 valence electrons. The standard InChI is InChI=1S/C52H56FNO2/c1-12-17-56-50-35(6)24-41(53)29-45(50)44-27-40(52(10,11)30-51(7,8)9)28-48(49(44)55)54-46-25-36(38-20-31(2)18-32(3)21-38)13-15-42(46)43-16-14-37(26-47(43)54)39-22-33(4)19-34(5)23-39/h13-16,18-29,55H,12,17,30H2,1-11H3. The number of aryl methyl sites for hydroxylation is 5. The summed E-state index contributed by atoms with van der Waals surface area (Å²) in [5, 5.41) is 15.0. The third-order valence-corrected chi connectivity index (χ3v) is 10.9. The van der Waals surface area contributed by atoms with Crippen molar-refractivity contribution in [2.45, 2.75) is 94.4 Å². The molecular formula is C52H56FNO2. The molecule has 56 heavy (non-hydrogen) atoms. The van der Waals surface area contributed by atoms with Crippen molar-refractivity contribution in [1.82, 2.24) is 4.57 Å². The fourth-order valence-corrected chi connectivity index (χ4v) is 9.06. The number of phenolic OH excluding ortho intramolecular Hbond substituents is 1. The van der Waals surface area contributed by atoms with E-state index in [2.05, 4.69) is 159 Å². The van der Waals surface area contributed by atoms with Gasteiger partial charge in [0.05, 0.1) is 23.3 Å². The first-order valence-corrected chi connectivity index (χ1v) is 20.0. The van der Waals surface area contributed by atoms with E-state index in [1.54, 1.807) is 0 Å². The van der Waals surface area contributed by atoms with Crippen LogP contribution in [0.15, 0.2) is 97.1 Å². The molecule has 1 heterocycles. The fourth-order valence-electron chi connectivity index (χ4n) is 9.06. The summed E-state index contributed by atoms with van der Waals surface area (Å²) in [7, 11) is 0. The highest BCUT2D eigenvalue weighted by Gasteiger charge is 2.31. The predicted molar refractivity (Wildman–Crippen MR) is 235 cm³/mol. The largest absolute Gasteiger partial charge is 0.505 e. The smallest absolute Gasteiger partial charge is 0.147 e. The third kappa shape index (κ3) is 7.59. The van der Waals surface area contributed by atoms with Gasteiger partial charge in [-0.15, -0.1) is 0 Å². The maximum atomic E-state index is 15.5. The lowest BCUT2D eigenvalue weighted by Gasteiger charge is -2.34. The number of hydrogen-bond donors (Lipinski definition) is 1. The number of halogens is 1. The SMILES string of the molecule is CCCOc1c(C)cc(F)cc1-c1cc(C(C)(C)CC(C)(C)C)cc(-n2c3cc(-c4cc(C)cc(C)c4)ccc3c3ccc(-c4cc(C)cc(C)c4)cc32)c1O. The summed E-state index contributed by atoms with van der Waals surface area (Å²) in [5.74, 6) is 0.311. The molecule has 0 atom stereocenters. The van der Waals surface area contributed by atoms with Crippen LogP contribution >= 0.6 is 0 Å². The van der Waals surface area contributed by atoms with Gasteiger partial charge in [-0.2, -0.15) is 0 Å². The Morgan fingerprint density at radius 2 is 1.12 bits per heavy atom. The van der Waals surface area contributed by atoms with Crippen LogP contribution in [0.3, 0.4) is 0 Å². The number of fused-ring (bicyclic) bond motifs is 3. The lowest BCUT2D eigenvalue weighted by molar-refractivity contribution is 0.284. The van der Waals surface area contributed by atoms with Crippen LogP contribution in [0.25, 0.3) is 60.9 Å². The molecule has 0 aliphatic heterocycles. The van der Waals surface area contributed by atoms with Gasteiger partial charge in [-0.25, -0.2) is 4.39 Å². The van der Waals surface area contributed by atoms with E-state index in [9.17, 15) is 5.11 Å². The maximum Gasteiger partial charge on any atom is 0.147 e. The Hall–Kier alpha value is -5.35. The molecule has 6 aromatic carbocycles. The lowest BCUT2D eigenvalue weighted by Crippen LogP contribution is -2.25. The van der Waals surface area contributed by atoms with Gasteiger partial charge in [0.2, 0.25) is 0 Å². The Balaban J connectivity index is 1.62. The Bertz CT molecular complexity index is 2480. The first-order chi connectivity index (χ1) is 26.4. The summed E-state index contributed by atoms with van der Waals surface area (Å²) >= 11 is 0. The van der Waals surface area contributed by atoms with E-state index in [-0.39, 0.29) is 22.4 Å². The van der Waals surface area contributed by atoms with Crippen LogP contribution in [0.4, 0.5) is 4.39 Å². The number of ether oxygens (including phenoxy) is 1. The quantitative estimate of drug-likeness (QED) is 0.160. The van der Waals surface area contributed by atoms with Crippen LogP contribution in [0.5, 0.6) is 11.5 Å². The van der Waals surface area contributed by atoms with Gasteiger partial charge in [0.15, 0.2) is 0 Å². The maximum absolute atomic E-state index is 15.5. The van der Waals surface area contributed by atoms with Gasteiger partial charge in [0.25, 0.3) is 0 Å². The van der Waals surface area contributed by atoms with Gasteiger partial charge in [-0.3, -0.25) is 0 Å². The van der Waals surface area contributed by atoms with Crippen molar-refractivity contribution in [3.8, 4) is 50.6 Å². The van der Waals surface area contributed by atoms with Crippen molar-refractivity contribution in [2.24, 2.45) is 5.41 Å². The van der Waals surface area contributed by atoms with E-state index >= 15 is 4.39 Å². The second-order valence-electron chi connectivity index (χ2n) is 18.0. The second kappa shape index (κ2) is 14.6. The Morgan fingerprint density at radius 3 is 1.61 bits per heavy atom. The van der Waals surface area contributed by atoms with Crippen molar-refractivity contribution in [3.63, 3.8) is 0 Å². The Labute approximate surface area is 332 Å². The molecule has 0 saturated carbocycles. The van der Waals surface area contributed by atoms with Crippen LogP contribution in [0.2, 0.25) is 0 Å². The van der Waals surface area contributed by atoms with Crippen LogP contribution in [0.1, 0.15) is 87.8 Å². The molecule has 0 aliphatic rings. The highest BCUT2D eigenvalue weighted by Crippen LogP contribution is 2.48. The van der Waals surface area contributed by atoms with Gasteiger partial charge in [0, 0.05) is 21.9 Å². The number of nitrogens with zero attached hydrogens (tertiary/aromatic N) is 1. The van der Waals surface area contributed by atoms with Crippen molar-refractivity contribution >= 4 is 21.8 Å². The zero-order valence-electron chi connectivity index (χ0n) is 35.0. The van der Waals surface area contributed by atoms with Gasteiger partial charge in [-0.05, 0) is 128 Å². The summed E-state index contributed by atoms with van der Waals surface area (Å²) in [5.41, 5.74) is 14.6. The van der Waals surface area contributed by atoms with Crippen LogP contribution in [-0.4, -0.2) is 16.3 Å². The van der Waals surface area contributed by atoms with Crippen LogP contribution in [0, 0.1) is 45.9 Å². The minimum atomic E-state index is -0.366. The van der Waals surface area contributed by atoms with E-state index < -0.39 is 0 Å². The van der Waals surface area contributed by atoms with Gasteiger partial charge >= 0.3 is 0 Å². The number of hydrogen-bond acceptors (Lipinski definition) is 2. The topological polar surface area (TPSA) is 34.4 Å². The molecule has 3 nitrogen and oxygen atoms in total. The average molecular weight is 746 g/mol. The zero-order chi connectivity index (χ0) is 40.3. The minimum Gasteiger partial charge on any atom is -0.505 e. The second-order valence-corrected chi connectivity index (χ2v) is 18.0.